The average Bonchev–Trinajstić information content (AvgIpc) is 3.38. The summed E-state index contributed by atoms with van der Waals surface area (Å²) in [4.78, 5) is 18.9. The van der Waals surface area contributed by atoms with E-state index < -0.39 is 5.60 Å². The maximum atomic E-state index is 12.4. The number of rotatable bonds is 5. The van der Waals surface area contributed by atoms with E-state index in [2.05, 4.69) is 27.5 Å². The fourth-order valence-electron chi connectivity index (χ4n) is 3.91. The molecule has 0 aliphatic carbocycles. The van der Waals surface area contributed by atoms with E-state index in [9.17, 15) is 4.79 Å². The highest BCUT2D eigenvalue weighted by molar-refractivity contribution is 5.77. The molecule has 0 bridgehead atoms. The molecular formula is C22H31N7O3. The summed E-state index contributed by atoms with van der Waals surface area (Å²) in [5, 5.41) is 14.9. The van der Waals surface area contributed by atoms with E-state index in [0.717, 1.165) is 17.5 Å². The maximum absolute atomic E-state index is 12.4. The lowest BCUT2D eigenvalue weighted by Crippen LogP contribution is -2.49. The van der Waals surface area contributed by atoms with Gasteiger partial charge < -0.3 is 19.7 Å². The largest absolute Gasteiger partial charge is 0.489 e. The smallest absolute Gasteiger partial charge is 0.410 e. The minimum Gasteiger partial charge on any atom is -0.489 e. The Labute approximate surface area is 187 Å². The first-order valence-electron chi connectivity index (χ1n) is 11.0. The third-order valence-electron chi connectivity index (χ3n) is 5.43. The Balaban J connectivity index is 1.50. The summed E-state index contributed by atoms with van der Waals surface area (Å²) in [5.74, 6) is 1.43. The third kappa shape index (κ3) is 4.63. The topological polar surface area (TPSA) is 110 Å². The number of carbonyl (C=O) groups is 1. The molecule has 4 rings (SSSR count). The predicted molar refractivity (Wildman–Crippen MR) is 121 cm³/mol. The summed E-state index contributed by atoms with van der Waals surface area (Å²) in [6.07, 6.45) is 5.97. The number of H-pyrrole nitrogens is 1. The molecule has 1 amide bonds. The number of anilines is 1. The standard InChI is InChI=1S/C22H31N7O3/c1-6-31-18-16(15-11-23-24-12-15)7-10-29-19(18)26-20(27-29)25-17-8-9-28(13-14(17)2)21(30)32-22(3,4)5/h7,10-12,14,17H,6,8-9,13H2,1-5H3,(H,23,24)(H,25,27)/t14-,17+/m1/s1. The molecule has 0 spiro atoms. The van der Waals surface area contributed by atoms with E-state index in [1.165, 1.54) is 0 Å². The van der Waals surface area contributed by atoms with Crippen LogP contribution < -0.4 is 10.1 Å². The Hall–Kier alpha value is -3.30. The third-order valence-corrected chi connectivity index (χ3v) is 5.43. The highest BCUT2D eigenvalue weighted by Crippen LogP contribution is 2.33. The van der Waals surface area contributed by atoms with Gasteiger partial charge in [-0.1, -0.05) is 6.92 Å². The Morgan fingerprint density at radius 1 is 1.38 bits per heavy atom. The van der Waals surface area contributed by atoms with Crippen molar-refractivity contribution < 1.29 is 14.3 Å². The number of hydrogen-bond donors (Lipinski definition) is 2. The SMILES string of the molecule is CCOc1c(-c2cn[nH]c2)ccn2nc(N[C@H]3CCN(C(=O)OC(C)(C)C)C[C@H]3C)nc12. The average molecular weight is 442 g/mol. The molecule has 0 unspecified atom stereocenters. The molecule has 10 heteroatoms. The van der Waals surface area contributed by atoms with Crippen LogP contribution in [-0.4, -0.2) is 67.1 Å². The van der Waals surface area contributed by atoms with E-state index in [-0.39, 0.29) is 18.1 Å². The minimum atomic E-state index is -0.497. The van der Waals surface area contributed by atoms with Gasteiger partial charge in [-0.15, -0.1) is 5.10 Å². The molecule has 1 saturated heterocycles. The molecule has 32 heavy (non-hydrogen) atoms. The zero-order chi connectivity index (χ0) is 22.9. The molecule has 0 aromatic carbocycles. The van der Waals surface area contributed by atoms with Crippen LogP contribution >= 0.6 is 0 Å². The van der Waals surface area contributed by atoms with Crippen LogP contribution in [-0.2, 0) is 4.74 Å². The number of aromatic amines is 1. The lowest BCUT2D eigenvalue weighted by Gasteiger charge is -2.37. The molecule has 1 aliphatic rings. The molecule has 2 N–H and O–H groups in total. The van der Waals surface area contributed by atoms with Gasteiger partial charge in [-0.2, -0.15) is 10.1 Å². The molecule has 3 aromatic rings. The summed E-state index contributed by atoms with van der Waals surface area (Å²) < 4.78 is 13.2. The quantitative estimate of drug-likeness (QED) is 0.623. The number of fused-ring (bicyclic) bond motifs is 1. The Bertz CT molecular complexity index is 1070. The van der Waals surface area contributed by atoms with Crippen molar-refractivity contribution in [3.63, 3.8) is 0 Å². The summed E-state index contributed by atoms with van der Waals surface area (Å²) in [6.45, 7) is 11.5. The number of aromatic nitrogens is 5. The molecule has 3 aromatic heterocycles. The predicted octanol–water partition coefficient (Wildman–Crippen LogP) is 3.58. The number of nitrogens with zero attached hydrogens (tertiary/aromatic N) is 5. The molecule has 10 nitrogen and oxygen atoms in total. The van der Waals surface area contributed by atoms with E-state index in [0.29, 0.717) is 37.0 Å². The van der Waals surface area contributed by atoms with Crippen molar-refractivity contribution in [3.8, 4) is 16.9 Å². The number of carbonyl (C=O) groups excluding carboxylic acids is 1. The van der Waals surface area contributed by atoms with Crippen molar-refractivity contribution >= 4 is 17.7 Å². The molecule has 4 heterocycles. The van der Waals surface area contributed by atoms with Crippen molar-refractivity contribution in [3.05, 3.63) is 24.7 Å². The van der Waals surface area contributed by atoms with E-state index in [1.807, 2.05) is 46.2 Å². The van der Waals surface area contributed by atoms with Crippen LogP contribution in [0.25, 0.3) is 16.8 Å². The number of hydrogen-bond acceptors (Lipinski definition) is 7. The van der Waals surface area contributed by atoms with Crippen LogP contribution in [0.1, 0.15) is 41.0 Å². The Kier molecular flexibility index (Phi) is 5.94. The van der Waals surface area contributed by atoms with Gasteiger partial charge in [0.2, 0.25) is 5.95 Å². The van der Waals surface area contributed by atoms with Crippen LogP contribution in [0, 0.1) is 5.92 Å². The minimum absolute atomic E-state index is 0.148. The summed E-state index contributed by atoms with van der Waals surface area (Å²) in [7, 11) is 0. The van der Waals surface area contributed by atoms with Crippen LogP contribution in [0.2, 0.25) is 0 Å². The lowest BCUT2D eigenvalue weighted by molar-refractivity contribution is 0.0165. The van der Waals surface area contributed by atoms with Gasteiger partial charge in [0, 0.05) is 42.7 Å². The molecular weight excluding hydrogens is 410 g/mol. The second-order valence-electron chi connectivity index (χ2n) is 9.13. The first-order valence-corrected chi connectivity index (χ1v) is 11.0. The normalized spacial score (nSPS) is 19.2. The van der Waals surface area contributed by atoms with Crippen LogP contribution in [0.15, 0.2) is 24.7 Å². The Morgan fingerprint density at radius 2 is 2.19 bits per heavy atom. The molecule has 0 saturated carbocycles. The number of nitrogens with one attached hydrogen (secondary N) is 2. The van der Waals surface area contributed by atoms with E-state index in [4.69, 9.17) is 14.5 Å². The van der Waals surface area contributed by atoms with Gasteiger partial charge in [0.05, 0.1) is 12.8 Å². The van der Waals surface area contributed by atoms with Crippen LogP contribution in [0.3, 0.4) is 0 Å². The van der Waals surface area contributed by atoms with Gasteiger partial charge in [0.25, 0.3) is 0 Å². The fraction of sp³-hybridized carbons (Fsp3) is 0.545. The second-order valence-corrected chi connectivity index (χ2v) is 9.13. The van der Waals surface area contributed by atoms with Crippen molar-refractivity contribution in [1.82, 2.24) is 29.7 Å². The number of amides is 1. The summed E-state index contributed by atoms with van der Waals surface area (Å²) in [5.41, 5.74) is 1.98. The lowest BCUT2D eigenvalue weighted by atomic mass is 9.94. The number of pyridine rings is 1. The maximum Gasteiger partial charge on any atom is 0.410 e. The van der Waals surface area contributed by atoms with E-state index in [1.54, 1.807) is 15.6 Å². The van der Waals surface area contributed by atoms with Gasteiger partial charge in [-0.3, -0.25) is 5.10 Å². The number of ether oxygens (including phenoxy) is 2. The molecule has 1 aliphatic heterocycles. The van der Waals surface area contributed by atoms with Gasteiger partial charge in [-0.25, -0.2) is 9.31 Å². The molecule has 172 valence electrons. The van der Waals surface area contributed by atoms with Gasteiger partial charge in [0.1, 0.15) is 5.60 Å². The van der Waals surface area contributed by atoms with Crippen molar-refractivity contribution in [2.45, 2.75) is 52.7 Å². The first-order chi connectivity index (χ1) is 15.2. The highest BCUT2D eigenvalue weighted by atomic mass is 16.6. The monoisotopic (exact) mass is 441 g/mol. The number of piperidine rings is 1. The van der Waals surface area contributed by atoms with Gasteiger partial charge in [-0.05, 0) is 46.1 Å². The van der Waals surface area contributed by atoms with Crippen molar-refractivity contribution in [2.75, 3.05) is 25.0 Å². The second kappa shape index (κ2) is 8.68. The number of likely N-dealkylation sites (tertiary alicyclic amines) is 1. The summed E-state index contributed by atoms with van der Waals surface area (Å²) in [6, 6.07) is 2.10. The van der Waals surface area contributed by atoms with Crippen molar-refractivity contribution in [1.29, 1.82) is 0 Å². The van der Waals surface area contributed by atoms with Crippen LogP contribution in [0.4, 0.5) is 10.7 Å². The zero-order valence-corrected chi connectivity index (χ0v) is 19.3. The van der Waals surface area contributed by atoms with Crippen LogP contribution in [0.5, 0.6) is 5.75 Å². The molecule has 2 atom stereocenters. The van der Waals surface area contributed by atoms with Gasteiger partial charge >= 0.3 is 6.09 Å². The molecule has 0 radical (unpaired) electrons. The van der Waals surface area contributed by atoms with Gasteiger partial charge in [0.15, 0.2) is 11.4 Å². The first kappa shape index (κ1) is 21.9. The van der Waals surface area contributed by atoms with E-state index >= 15 is 0 Å². The highest BCUT2D eigenvalue weighted by Gasteiger charge is 2.32. The Morgan fingerprint density at radius 3 is 2.84 bits per heavy atom. The fourth-order valence-corrected chi connectivity index (χ4v) is 3.91. The van der Waals surface area contributed by atoms with Crippen molar-refractivity contribution in [2.24, 2.45) is 5.92 Å². The zero-order valence-electron chi connectivity index (χ0n) is 19.3. The summed E-state index contributed by atoms with van der Waals surface area (Å²) >= 11 is 0. The molecule has 1 fully saturated rings.